The van der Waals surface area contributed by atoms with Gasteiger partial charge in [-0.1, -0.05) is 58.7 Å². The normalized spacial score (nSPS) is 12.0. The molecule has 1 heterocycles. The number of pyridine rings is 1. The Hall–Kier alpha value is -2.11. The fourth-order valence-corrected chi connectivity index (χ4v) is 3.44. The second kappa shape index (κ2) is 8.72. The van der Waals surface area contributed by atoms with Gasteiger partial charge in [0.1, 0.15) is 5.15 Å². The number of para-hydroxylation sites is 1. The van der Waals surface area contributed by atoms with Crippen LogP contribution in [-0.2, 0) is 6.54 Å². The van der Waals surface area contributed by atoms with Gasteiger partial charge >= 0.3 is 6.03 Å². The smallest absolute Gasteiger partial charge is 0.317 e. The molecule has 3 rings (SSSR count). The Bertz CT molecular complexity index is 963. The second-order valence-electron chi connectivity index (χ2n) is 6.46. The van der Waals surface area contributed by atoms with E-state index in [9.17, 15) is 4.79 Å². The number of amides is 2. The number of hydrogen-bond acceptors (Lipinski definition) is 2. The molecule has 0 bridgehead atoms. The molecule has 27 heavy (non-hydrogen) atoms. The first kappa shape index (κ1) is 19.6. The van der Waals surface area contributed by atoms with Gasteiger partial charge in [0, 0.05) is 27.2 Å². The van der Waals surface area contributed by atoms with Crippen molar-refractivity contribution in [2.45, 2.75) is 32.9 Å². The molecule has 0 fully saturated rings. The molecule has 1 unspecified atom stereocenters. The minimum Gasteiger partial charge on any atom is -0.317 e. The molecule has 0 aliphatic carbocycles. The van der Waals surface area contributed by atoms with E-state index in [1.165, 1.54) is 0 Å². The summed E-state index contributed by atoms with van der Waals surface area (Å²) in [5, 5.41) is 4.40. The molecule has 3 aromatic rings. The van der Waals surface area contributed by atoms with E-state index in [1.807, 2.05) is 61.5 Å². The quantitative estimate of drug-likeness (QED) is 0.456. The van der Waals surface area contributed by atoms with E-state index in [-0.39, 0.29) is 12.1 Å². The van der Waals surface area contributed by atoms with Gasteiger partial charge in [-0.05, 0) is 43.7 Å². The molecule has 0 saturated heterocycles. The van der Waals surface area contributed by atoms with Crippen LogP contribution in [0.5, 0.6) is 0 Å². The van der Waals surface area contributed by atoms with E-state index in [2.05, 4.69) is 33.2 Å². The molecule has 2 aromatic carbocycles. The highest BCUT2D eigenvalue weighted by Gasteiger charge is 2.21. The van der Waals surface area contributed by atoms with E-state index < -0.39 is 0 Å². The molecule has 1 N–H and O–H groups in total. The first-order valence-corrected chi connectivity index (χ1v) is 10.0. The molecule has 2 amide bonds. The molecule has 0 aliphatic heterocycles. The number of rotatable bonds is 5. The Labute approximate surface area is 172 Å². The zero-order valence-electron chi connectivity index (χ0n) is 15.2. The molecule has 4 nitrogen and oxygen atoms in total. The van der Waals surface area contributed by atoms with Gasteiger partial charge < -0.3 is 10.2 Å². The van der Waals surface area contributed by atoms with Gasteiger partial charge in [0.2, 0.25) is 0 Å². The van der Waals surface area contributed by atoms with Crippen molar-refractivity contribution in [2.75, 3.05) is 5.32 Å². The van der Waals surface area contributed by atoms with Crippen LogP contribution in [0.3, 0.4) is 0 Å². The third-order valence-electron chi connectivity index (χ3n) is 4.55. The van der Waals surface area contributed by atoms with Crippen LogP contribution in [0.2, 0.25) is 5.15 Å². The molecule has 0 spiro atoms. The molecule has 1 aromatic heterocycles. The number of nitrogens with zero attached hydrogens (tertiary/aromatic N) is 2. The van der Waals surface area contributed by atoms with Crippen molar-refractivity contribution >= 4 is 50.2 Å². The number of halogens is 2. The molecular formula is C21H21BrClN3O. The summed E-state index contributed by atoms with van der Waals surface area (Å²) in [4.78, 5) is 19.2. The first-order chi connectivity index (χ1) is 13.0. The number of fused-ring (bicyclic) bond motifs is 1. The number of urea groups is 1. The molecular weight excluding hydrogens is 426 g/mol. The van der Waals surface area contributed by atoms with Crippen LogP contribution < -0.4 is 5.32 Å². The summed E-state index contributed by atoms with van der Waals surface area (Å²) in [6, 6.07) is 17.3. The summed E-state index contributed by atoms with van der Waals surface area (Å²) in [6.45, 7) is 4.48. The van der Waals surface area contributed by atoms with E-state index in [0.29, 0.717) is 11.7 Å². The molecule has 6 heteroatoms. The number of carbonyl (C=O) groups excluding carboxylic acids is 1. The maximum atomic E-state index is 12.9. The van der Waals surface area contributed by atoms with E-state index in [1.54, 1.807) is 4.90 Å². The van der Waals surface area contributed by atoms with Crippen molar-refractivity contribution in [3.8, 4) is 0 Å². The number of carbonyl (C=O) groups is 1. The summed E-state index contributed by atoms with van der Waals surface area (Å²) >= 11 is 9.83. The van der Waals surface area contributed by atoms with Crippen molar-refractivity contribution in [1.29, 1.82) is 0 Å². The Balaban J connectivity index is 1.87. The number of hydrogen-bond donors (Lipinski definition) is 1. The lowest BCUT2D eigenvalue weighted by molar-refractivity contribution is 0.187. The van der Waals surface area contributed by atoms with Crippen molar-refractivity contribution in [3.05, 3.63) is 69.8 Å². The second-order valence-corrected chi connectivity index (χ2v) is 7.73. The average Bonchev–Trinajstić information content (AvgIpc) is 2.65. The number of anilines is 1. The molecule has 0 aliphatic rings. The van der Waals surface area contributed by atoms with Gasteiger partial charge in [-0.2, -0.15) is 0 Å². The van der Waals surface area contributed by atoms with Gasteiger partial charge in [-0.3, -0.25) is 0 Å². The third-order valence-corrected chi connectivity index (χ3v) is 5.37. The summed E-state index contributed by atoms with van der Waals surface area (Å²) < 4.78 is 0.914. The van der Waals surface area contributed by atoms with Crippen molar-refractivity contribution in [2.24, 2.45) is 0 Å². The van der Waals surface area contributed by atoms with Crippen LogP contribution in [0.25, 0.3) is 10.9 Å². The van der Waals surface area contributed by atoms with E-state index in [0.717, 1.165) is 33.0 Å². The summed E-state index contributed by atoms with van der Waals surface area (Å²) in [5.74, 6) is 0. The Morgan fingerprint density at radius 2 is 2.00 bits per heavy atom. The van der Waals surface area contributed by atoms with Gasteiger partial charge in [-0.15, -0.1) is 0 Å². The monoisotopic (exact) mass is 445 g/mol. The molecule has 0 radical (unpaired) electrons. The number of nitrogens with one attached hydrogen (secondary N) is 1. The van der Waals surface area contributed by atoms with Gasteiger partial charge in [-0.25, -0.2) is 9.78 Å². The maximum absolute atomic E-state index is 12.9. The Kier molecular flexibility index (Phi) is 6.34. The van der Waals surface area contributed by atoms with Crippen LogP contribution in [0, 0.1) is 0 Å². The van der Waals surface area contributed by atoms with Crippen LogP contribution >= 0.6 is 27.5 Å². The highest BCUT2D eigenvalue weighted by molar-refractivity contribution is 9.10. The van der Waals surface area contributed by atoms with Crippen LogP contribution in [0.4, 0.5) is 10.5 Å². The summed E-state index contributed by atoms with van der Waals surface area (Å²) in [5.41, 5.74) is 2.42. The lowest BCUT2D eigenvalue weighted by Crippen LogP contribution is -2.40. The molecule has 140 valence electrons. The first-order valence-electron chi connectivity index (χ1n) is 8.85. The van der Waals surface area contributed by atoms with Crippen LogP contribution in [-0.4, -0.2) is 22.0 Å². The van der Waals surface area contributed by atoms with Crippen LogP contribution in [0.15, 0.2) is 59.1 Å². The van der Waals surface area contributed by atoms with Crippen molar-refractivity contribution < 1.29 is 4.79 Å². The summed E-state index contributed by atoms with van der Waals surface area (Å²) in [6.07, 6.45) is 0.838. The predicted molar refractivity (Wildman–Crippen MR) is 115 cm³/mol. The lowest BCUT2D eigenvalue weighted by Gasteiger charge is -2.29. The molecule has 1 atom stereocenters. The number of benzene rings is 2. The van der Waals surface area contributed by atoms with Crippen molar-refractivity contribution in [1.82, 2.24) is 9.88 Å². The van der Waals surface area contributed by atoms with E-state index in [4.69, 9.17) is 11.6 Å². The third kappa shape index (κ3) is 4.79. The largest absolute Gasteiger partial charge is 0.322 e. The highest BCUT2D eigenvalue weighted by atomic mass is 79.9. The van der Waals surface area contributed by atoms with Gasteiger partial charge in [0.05, 0.1) is 12.1 Å². The zero-order valence-corrected chi connectivity index (χ0v) is 17.6. The highest BCUT2D eigenvalue weighted by Crippen LogP contribution is 2.24. The standard InChI is InChI=1S/C21H21BrClN3O/c1-3-14(2)26(21(27)24-18-9-6-8-17(22)12-18)13-16-11-15-7-4-5-10-19(15)25-20(16)23/h4-12,14H,3,13H2,1-2H3,(H,24,27). The minimum absolute atomic E-state index is 0.0553. The zero-order chi connectivity index (χ0) is 19.4. The van der Waals surface area contributed by atoms with Gasteiger partial charge in [0.15, 0.2) is 0 Å². The Morgan fingerprint density at radius 1 is 1.22 bits per heavy atom. The topological polar surface area (TPSA) is 45.2 Å². The Morgan fingerprint density at radius 3 is 2.74 bits per heavy atom. The SMILES string of the molecule is CCC(C)N(Cc1cc2ccccc2nc1Cl)C(=O)Nc1cccc(Br)c1. The average molecular weight is 447 g/mol. The minimum atomic E-state index is -0.160. The van der Waals surface area contributed by atoms with E-state index >= 15 is 0 Å². The van der Waals surface area contributed by atoms with Crippen LogP contribution in [0.1, 0.15) is 25.8 Å². The fraction of sp³-hybridized carbons (Fsp3) is 0.238. The molecule has 0 saturated carbocycles. The number of aromatic nitrogens is 1. The van der Waals surface area contributed by atoms with Gasteiger partial charge in [0.25, 0.3) is 0 Å². The summed E-state index contributed by atoms with van der Waals surface area (Å²) in [7, 11) is 0. The lowest BCUT2D eigenvalue weighted by atomic mass is 10.1. The fourth-order valence-electron chi connectivity index (χ4n) is 2.84. The predicted octanol–water partition coefficient (Wildman–Crippen LogP) is 6.48. The maximum Gasteiger partial charge on any atom is 0.322 e. The van der Waals surface area contributed by atoms with Crippen molar-refractivity contribution in [3.63, 3.8) is 0 Å².